The Kier molecular flexibility index (Phi) is 4.18. The molecule has 3 aromatic heterocycles. The van der Waals surface area contributed by atoms with Gasteiger partial charge in [0.2, 0.25) is 0 Å². The van der Waals surface area contributed by atoms with Crippen LogP contribution in [0.15, 0.2) is 30.7 Å². The van der Waals surface area contributed by atoms with Crippen LogP contribution in [0.4, 0.5) is 8.78 Å². The Hall–Kier alpha value is -2.77. The molecule has 0 saturated heterocycles. The predicted octanol–water partition coefficient (Wildman–Crippen LogP) is 3.57. The number of pyridine rings is 1. The van der Waals surface area contributed by atoms with Crippen molar-refractivity contribution in [3.8, 4) is 0 Å². The van der Waals surface area contributed by atoms with E-state index in [0.29, 0.717) is 11.6 Å². The minimum absolute atomic E-state index is 0.114. The van der Waals surface area contributed by atoms with Gasteiger partial charge in [-0.25, -0.2) is 18.6 Å². The fourth-order valence-corrected chi connectivity index (χ4v) is 3.01. The van der Waals surface area contributed by atoms with Crippen molar-refractivity contribution in [1.29, 1.82) is 0 Å². The normalized spacial score (nSPS) is 14.3. The van der Waals surface area contributed by atoms with Gasteiger partial charge < -0.3 is 9.14 Å². The molecule has 0 spiro atoms. The number of carbonyl (C=O) groups is 1. The highest BCUT2D eigenvalue weighted by Gasteiger charge is 2.25. The molecule has 0 atom stereocenters. The number of hydrogen-bond donors (Lipinski definition) is 0. The number of imidazole rings is 1. The van der Waals surface area contributed by atoms with E-state index in [2.05, 4.69) is 22.3 Å². The lowest BCUT2D eigenvalue weighted by Gasteiger charge is -2.00. The molecule has 0 aromatic carbocycles. The van der Waals surface area contributed by atoms with Gasteiger partial charge >= 0.3 is 5.97 Å². The summed E-state index contributed by atoms with van der Waals surface area (Å²) >= 11 is 0. The molecular formula is C18H18F2N4O2. The molecule has 1 aliphatic carbocycles. The van der Waals surface area contributed by atoms with Crippen LogP contribution in [0.25, 0.3) is 5.65 Å². The van der Waals surface area contributed by atoms with Gasteiger partial charge in [0.1, 0.15) is 16.9 Å². The number of aromatic nitrogens is 4. The maximum atomic E-state index is 13.2. The maximum absolute atomic E-state index is 13.2. The van der Waals surface area contributed by atoms with Crippen molar-refractivity contribution in [3.63, 3.8) is 0 Å². The van der Waals surface area contributed by atoms with Crippen LogP contribution in [-0.2, 0) is 11.3 Å². The zero-order valence-corrected chi connectivity index (χ0v) is 14.2. The van der Waals surface area contributed by atoms with Gasteiger partial charge in [-0.3, -0.25) is 4.68 Å². The van der Waals surface area contributed by atoms with E-state index in [4.69, 9.17) is 4.74 Å². The van der Waals surface area contributed by atoms with Crippen molar-refractivity contribution in [2.75, 3.05) is 6.61 Å². The fraction of sp³-hybridized carbons (Fsp3) is 0.389. The summed E-state index contributed by atoms with van der Waals surface area (Å²) in [7, 11) is 0. The molecule has 26 heavy (non-hydrogen) atoms. The van der Waals surface area contributed by atoms with Crippen LogP contribution < -0.4 is 0 Å². The predicted molar refractivity (Wildman–Crippen MR) is 89.4 cm³/mol. The van der Waals surface area contributed by atoms with E-state index >= 15 is 0 Å². The third kappa shape index (κ3) is 3.18. The number of halogens is 2. The average Bonchev–Trinajstić information content (AvgIpc) is 3.24. The minimum Gasteiger partial charge on any atom is -0.462 e. The van der Waals surface area contributed by atoms with Crippen molar-refractivity contribution in [1.82, 2.24) is 19.2 Å². The Labute approximate surface area is 148 Å². The molecule has 0 aliphatic heterocycles. The number of nitrogens with zero attached hydrogens (tertiary/aromatic N) is 4. The summed E-state index contributed by atoms with van der Waals surface area (Å²) in [4.78, 5) is 16.3. The van der Waals surface area contributed by atoms with Gasteiger partial charge in [0.05, 0.1) is 18.8 Å². The molecule has 1 fully saturated rings. The Morgan fingerprint density at radius 3 is 2.81 bits per heavy atom. The van der Waals surface area contributed by atoms with E-state index in [9.17, 15) is 13.6 Å². The summed E-state index contributed by atoms with van der Waals surface area (Å²) in [6.07, 6.45) is 4.79. The van der Waals surface area contributed by atoms with Crippen LogP contribution in [-0.4, -0.2) is 31.7 Å². The summed E-state index contributed by atoms with van der Waals surface area (Å²) < 4.78 is 34.4. The lowest BCUT2D eigenvalue weighted by Crippen LogP contribution is -2.06. The van der Waals surface area contributed by atoms with Crippen LogP contribution in [0.2, 0.25) is 0 Å². The first-order valence-electron chi connectivity index (χ1n) is 8.55. The summed E-state index contributed by atoms with van der Waals surface area (Å²) in [5.41, 5.74) is 1.97. The van der Waals surface area contributed by atoms with Crippen LogP contribution in [0.1, 0.15) is 59.4 Å². The lowest BCUT2D eigenvalue weighted by molar-refractivity contribution is 0.0515. The maximum Gasteiger partial charge on any atom is 0.341 e. The SMILES string of the molecule is CCOC(=O)c1cn(Cc2cn3cc(C4CC4)ccc3n2)nc1C(F)F. The number of ether oxygens (including phenoxy) is 1. The Morgan fingerprint density at radius 1 is 1.31 bits per heavy atom. The van der Waals surface area contributed by atoms with Gasteiger partial charge in [-0.05, 0) is 37.3 Å². The lowest BCUT2D eigenvalue weighted by atomic mass is 10.2. The molecule has 0 unspecified atom stereocenters. The molecule has 1 aliphatic rings. The highest BCUT2D eigenvalue weighted by atomic mass is 19.3. The number of esters is 1. The summed E-state index contributed by atoms with van der Waals surface area (Å²) in [5, 5.41) is 3.85. The summed E-state index contributed by atoms with van der Waals surface area (Å²) in [6, 6.07) is 4.03. The zero-order valence-electron chi connectivity index (χ0n) is 14.2. The van der Waals surface area contributed by atoms with Gasteiger partial charge in [-0.15, -0.1) is 0 Å². The summed E-state index contributed by atoms with van der Waals surface area (Å²) in [6.45, 7) is 1.93. The number of hydrogen-bond acceptors (Lipinski definition) is 4. The smallest absolute Gasteiger partial charge is 0.341 e. The van der Waals surface area contributed by atoms with E-state index in [0.717, 1.165) is 5.65 Å². The van der Waals surface area contributed by atoms with E-state index in [1.165, 1.54) is 29.3 Å². The second-order valence-corrected chi connectivity index (χ2v) is 6.38. The number of carbonyl (C=O) groups excluding carboxylic acids is 1. The van der Waals surface area contributed by atoms with Crippen molar-refractivity contribution in [2.24, 2.45) is 0 Å². The molecule has 136 valence electrons. The highest BCUT2D eigenvalue weighted by Crippen LogP contribution is 2.39. The van der Waals surface area contributed by atoms with E-state index in [1.54, 1.807) is 6.92 Å². The van der Waals surface area contributed by atoms with Gasteiger partial charge in [0.15, 0.2) is 0 Å². The van der Waals surface area contributed by atoms with Gasteiger partial charge in [-0.1, -0.05) is 6.07 Å². The zero-order chi connectivity index (χ0) is 18.3. The van der Waals surface area contributed by atoms with E-state index in [-0.39, 0.29) is 18.7 Å². The highest BCUT2D eigenvalue weighted by molar-refractivity contribution is 5.90. The number of rotatable bonds is 6. The Morgan fingerprint density at radius 2 is 2.12 bits per heavy atom. The second-order valence-electron chi connectivity index (χ2n) is 6.38. The van der Waals surface area contributed by atoms with Gasteiger partial charge in [-0.2, -0.15) is 5.10 Å². The largest absolute Gasteiger partial charge is 0.462 e. The first-order valence-corrected chi connectivity index (χ1v) is 8.55. The fourth-order valence-electron chi connectivity index (χ4n) is 3.01. The molecule has 1 saturated carbocycles. The monoisotopic (exact) mass is 360 g/mol. The second kappa shape index (κ2) is 6.51. The molecule has 0 N–H and O–H groups in total. The first kappa shape index (κ1) is 16.7. The Bertz CT molecular complexity index is 959. The van der Waals surface area contributed by atoms with E-state index in [1.807, 2.05) is 16.7 Å². The van der Waals surface area contributed by atoms with Crippen molar-refractivity contribution < 1.29 is 18.3 Å². The molecule has 3 aromatic rings. The van der Waals surface area contributed by atoms with Crippen LogP contribution >= 0.6 is 0 Å². The van der Waals surface area contributed by atoms with Crippen LogP contribution in [0, 0.1) is 0 Å². The van der Waals surface area contributed by atoms with Crippen LogP contribution in [0.5, 0.6) is 0 Å². The quantitative estimate of drug-likeness (QED) is 0.631. The molecule has 0 amide bonds. The average molecular weight is 360 g/mol. The molecule has 0 bridgehead atoms. The van der Waals surface area contributed by atoms with Gasteiger partial charge in [0, 0.05) is 18.6 Å². The van der Waals surface area contributed by atoms with Crippen molar-refractivity contribution in [2.45, 2.75) is 38.7 Å². The third-order valence-electron chi connectivity index (χ3n) is 4.39. The van der Waals surface area contributed by atoms with Gasteiger partial charge in [0.25, 0.3) is 6.43 Å². The molecule has 8 heteroatoms. The molecule has 3 heterocycles. The Balaban J connectivity index is 1.61. The number of fused-ring (bicyclic) bond motifs is 1. The van der Waals surface area contributed by atoms with E-state index < -0.39 is 18.1 Å². The standard InChI is InChI=1S/C18H18F2N4O2/c1-2-26-18(25)14-10-24(22-16(14)17(19)20)9-13-8-23-7-12(11-3-4-11)5-6-15(23)21-13/h5-8,10-11,17H,2-4,9H2,1H3. The minimum atomic E-state index is -2.85. The van der Waals surface area contributed by atoms with Crippen LogP contribution in [0.3, 0.4) is 0 Å². The van der Waals surface area contributed by atoms with Crippen molar-refractivity contribution >= 4 is 11.6 Å². The molecule has 0 radical (unpaired) electrons. The molecule has 4 rings (SSSR count). The molecular weight excluding hydrogens is 342 g/mol. The topological polar surface area (TPSA) is 61.4 Å². The summed E-state index contributed by atoms with van der Waals surface area (Å²) in [5.74, 6) is -0.157. The van der Waals surface area contributed by atoms with Crippen molar-refractivity contribution in [3.05, 3.63) is 53.2 Å². The number of alkyl halides is 2. The third-order valence-corrected chi connectivity index (χ3v) is 4.39. The first-order chi connectivity index (χ1) is 12.5. The molecule has 6 nitrogen and oxygen atoms in total.